The van der Waals surface area contributed by atoms with E-state index in [2.05, 4.69) is 9.69 Å². The first-order valence-electron chi connectivity index (χ1n) is 2.62. The van der Waals surface area contributed by atoms with Gasteiger partial charge in [-0.25, -0.2) is 0 Å². The maximum absolute atomic E-state index is 8.52. The fourth-order valence-corrected chi connectivity index (χ4v) is 1.19. The number of nitrogens with zero attached hydrogens (tertiary/aromatic N) is 2. The van der Waals surface area contributed by atoms with E-state index in [9.17, 15) is 0 Å². The lowest BCUT2D eigenvalue weighted by atomic mass is 10.3. The number of rotatable bonds is 1. The fourth-order valence-electron chi connectivity index (χ4n) is 0.581. The molecule has 3 N–H and O–H groups in total. The summed E-state index contributed by atoms with van der Waals surface area (Å²) in [4.78, 5) is 0. The largest absolute Gasteiger partial charge is 0.382 e. The number of hydrogen-bond acceptors (Lipinski definition) is 5. The van der Waals surface area contributed by atoms with Gasteiger partial charge in [-0.05, 0) is 11.5 Å². The average Bonchev–Trinajstić information content (AvgIpc) is 2.30. The van der Waals surface area contributed by atoms with Gasteiger partial charge in [-0.15, -0.1) is 0 Å². The van der Waals surface area contributed by atoms with Crippen molar-refractivity contribution in [1.29, 1.82) is 5.26 Å². The molecule has 1 rings (SSSR count). The van der Waals surface area contributed by atoms with Crippen LogP contribution in [-0.4, -0.2) is 11.4 Å². The van der Waals surface area contributed by atoms with Crippen molar-refractivity contribution in [2.24, 2.45) is 0 Å². The number of nitrogens with one attached hydrogen (secondary N) is 1. The Hall–Kier alpha value is -1.28. The lowest BCUT2D eigenvalue weighted by molar-refractivity contribution is 1.46. The Morgan fingerprint density at radius 2 is 2.50 bits per heavy atom. The van der Waals surface area contributed by atoms with Gasteiger partial charge in [0.2, 0.25) is 0 Å². The van der Waals surface area contributed by atoms with Crippen molar-refractivity contribution in [3.8, 4) is 6.07 Å². The van der Waals surface area contributed by atoms with E-state index in [1.54, 1.807) is 7.05 Å². The Morgan fingerprint density at radius 1 is 1.80 bits per heavy atom. The number of nitrogen functional groups attached to an aromatic ring is 1. The Kier molecular flexibility index (Phi) is 1.73. The molecule has 0 spiro atoms. The van der Waals surface area contributed by atoms with E-state index in [1.165, 1.54) is 11.5 Å². The molecular formula is C5H6N4S. The van der Waals surface area contributed by atoms with Crippen LogP contribution < -0.4 is 11.1 Å². The standard InChI is InChI=1S/C5H6N4S/c1-8-5-3(2-6)4(7)9-10-5/h8H,1H3,(H2,7,9). The summed E-state index contributed by atoms with van der Waals surface area (Å²) in [6, 6.07) is 1.96. The van der Waals surface area contributed by atoms with E-state index in [1.807, 2.05) is 6.07 Å². The van der Waals surface area contributed by atoms with Gasteiger partial charge in [0.05, 0.1) is 0 Å². The Morgan fingerprint density at radius 3 is 2.90 bits per heavy atom. The monoisotopic (exact) mass is 154 g/mol. The van der Waals surface area contributed by atoms with Crippen molar-refractivity contribution in [3.63, 3.8) is 0 Å². The number of anilines is 2. The maximum Gasteiger partial charge on any atom is 0.157 e. The summed E-state index contributed by atoms with van der Waals surface area (Å²) in [7, 11) is 1.73. The first-order chi connectivity index (χ1) is 4.79. The third kappa shape index (κ3) is 0.890. The lowest BCUT2D eigenvalue weighted by Crippen LogP contribution is -1.90. The summed E-state index contributed by atoms with van der Waals surface area (Å²) in [6.45, 7) is 0. The van der Waals surface area contributed by atoms with Crippen LogP contribution in [0.25, 0.3) is 0 Å². The Labute approximate surface area is 62.4 Å². The molecule has 0 saturated carbocycles. The predicted molar refractivity (Wildman–Crippen MR) is 40.8 cm³/mol. The van der Waals surface area contributed by atoms with Gasteiger partial charge in [-0.3, -0.25) is 0 Å². The van der Waals surface area contributed by atoms with Gasteiger partial charge in [-0.2, -0.15) is 9.64 Å². The van der Waals surface area contributed by atoms with Gasteiger partial charge in [0.25, 0.3) is 0 Å². The summed E-state index contributed by atoms with van der Waals surface area (Å²) >= 11 is 1.19. The molecule has 0 unspecified atom stereocenters. The third-order valence-electron chi connectivity index (χ3n) is 1.06. The molecule has 10 heavy (non-hydrogen) atoms. The average molecular weight is 154 g/mol. The highest BCUT2D eigenvalue weighted by Crippen LogP contribution is 2.24. The maximum atomic E-state index is 8.52. The smallest absolute Gasteiger partial charge is 0.157 e. The Balaban J connectivity index is 3.17. The molecule has 0 aliphatic heterocycles. The molecule has 0 bridgehead atoms. The van der Waals surface area contributed by atoms with Gasteiger partial charge in [0, 0.05) is 7.05 Å². The zero-order valence-corrected chi connectivity index (χ0v) is 6.20. The molecule has 0 fully saturated rings. The first-order valence-corrected chi connectivity index (χ1v) is 3.40. The second kappa shape index (κ2) is 2.54. The van der Waals surface area contributed by atoms with Crippen molar-refractivity contribution in [1.82, 2.24) is 4.37 Å². The normalized spacial score (nSPS) is 8.80. The van der Waals surface area contributed by atoms with Gasteiger partial charge < -0.3 is 11.1 Å². The van der Waals surface area contributed by atoms with E-state index in [-0.39, 0.29) is 0 Å². The third-order valence-corrected chi connectivity index (χ3v) is 1.94. The molecule has 0 aliphatic rings. The zero-order chi connectivity index (χ0) is 7.56. The molecule has 1 aromatic rings. The molecule has 0 atom stereocenters. The van der Waals surface area contributed by atoms with E-state index >= 15 is 0 Å². The lowest BCUT2D eigenvalue weighted by Gasteiger charge is -1.90. The van der Waals surface area contributed by atoms with Crippen molar-refractivity contribution in [2.45, 2.75) is 0 Å². The summed E-state index contributed by atoms with van der Waals surface area (Å²) in [6.07, 6.45) is 0. The van der Waals surface area contributed by atoms with Crippen LogP contribution in [0.4, 0.5) is 10.8 Å². The molecule has 1 aromatic heterocycles. The van der Waals surface area contributed by atoms with Gasteiger partial charge in [0.1, 0.15) is 16.6 Å². The minimum absolute atomic E-state index is 0.303. The van der Waals surface area contributed by atoms with E-state index in [4.69, 9.17) is 11.0 Å². The second-order valence-electron chi connectivity index (χ2n) is 1.63. The number of aromatic nitrogens is 1. The van der Waals surface area contributed by atoms with E-state index in [0.29, 0.717) is 11.4 Å². The first kappa shape index (κ1) is 6.83. The zero-order valence-electron chi connectivity index (χ0n) is 5.38. The van der Waals surface area contributed by atoms with Crippen LogP contribution in [0.15, 0.2) is 0 Å². The van der Waals surface area contributed by atoms with Crippen LogP contribution in [-0.2, 0) is 0 Å². The molecule has 0 aliphatic carbocycles. The van der Waals surface area contributed by atoms with Gasteiger partial charge in [-0.1, -0.05) is 0 Å². The van der Waals surface area contributed by atoms with Crippen LogP contribution in [0.5, 0.6) is 0 Å². The van der Waals surface area contributed by atoms with E-state index < -0.39 is 0 Å². The fraction of sp³-hybridized carbons (Fsp3) is 0.200. The van der Waals surface area contributed by atoms with Crippen LogP contribution in [0.1, 0.15) is 5.56 Å². The highest BCUT2D eigenvalue weighted by molar-refractivity contribution is 7.10. The van der Waals surface area contributed by atoms with E-state index in [0.717, 1.165) is 5.00 Å². The molecule has 1 heterocycles. The highest BCUT2D eigenvalue weighted by atomic mass is 32.1. The van der Waals surface area contributed by atoms with Crippen LogP contribution in [0.2, 0.25) is 0 Å². The molecule has 5 heteroatoms. The molecular weight excluding hydrogens is 148 g/mol. The van der Waals surface area contributed by atoms with Gasteiger partial charge in [0.15, 0.2) is 5.82 Å². The van der Waals surface area contributed by atoms with Crippen molar-refractivity contribution in [2.75, 3.05) is 18.1 Å². The minimum Gasteiger partial charge on any atom is -0.382 e. The summed E-state index contributed by atoms with van der Waals surface area (Å²) in [5, 5.41) is 12.1. The Bertz CT molecular complexity index is 272. The molecule has 0 radical (unpaired) electrons. The van der Waals surface area contributed by atoms with Crippen LogP contribution in [0, 0.1) is 11.3 Å². The molecule has 4 nitrogen and oxygen atoms in total. The molecule has 0 aromatic carbocycles. The summed E-state index contributed by atoms with van der Waals surface area (Å²) in [5.74, 6) is 0.303. The number of nitrogens with two attached hydrogens (primary N) is 1. The number of hydrogen-bond donors (Lipinski definition) is 2. The molecule has 52 valence electrons. The molecule has 0 amide bonds. The summed E-state index contributed by atoms with van der Waals surface area (Å²) < 4.78 is 3.79. The second-order valence-corrected chi connectivity index (χ2v) is 2.41. The van der Waals surface area contributed by atoms with Crippen LogP contribution >= 0.6 is 11.5 Å². The summed E-state index contributed by atoms with van der Waals surface area (Å²) in [5.41, 5.74) is 5.80. The predicted octanol–water partition coefficient (Wildman–Crippen LogP) is 0.639. The van der Waals surface area contributed by atoms with Crippen molar-refractivity contribution >= 4 is 22.4 Å². The SMILES string of the molecule is CNc1snc(N)c1C#N. The topological polar surface area (TPSA) is 74.7 Å². The molecule has 0 saturated heterocycles. The minimum atomic E-state index is 0.303. The van der Waals surface area contributed by atoms with Crippen LogP contribution in [0.3, 0.4) is 0 Å². The number of nitriles is 1. The van der Waals surface area contributed by atoms with Gasteiger partial charge >= 0.3 is 0 Å². The highest BCUT2D eigenvalue weighted by Gasteiger charge is 2.07. The quantitative estimate of drug-likeness (QED) is 0.622. The van der Waals surface area contributed by atoms with Crippen molar-refractivity contribution in [3.05, 3.63) is 5.56 Å². The van der Waals surface area contributed by atoms with Crippen molar-refractivity contribution < 1.29 is 0 Å².